The van der Waals surface area contributed by atoms with E-state index in [0.29, 0.717) is 5.56 Å². The Morgan fingerprint density at radius 2 is 1.46 bits per heavy atom. The van der Waals surface area contributed by atoms with Crippen molar-refractivity contribution in [1.29, 1.82) is 0 Å². The first-order valence-corrected chi connectivity index (χ1v) is 7.63. The number of rotatable bonds is 4. The summed E-state index contributed by atoms with van der Waals surface area (Å²) in [6, 6.07) is 2.60. The van der Waals surface area contributed by atoms with Crippen LogP contribution in [0.4, 0.5) is 27.8 Å². The molecule has 0 fully saturated rings. The Morgan fingerprint density at radius 3 is 1.96 bits per heavy atom. The first-order chi connectivity index (χ1) is 11.1. The molecule has 1 N–H and O–H groups in total. The summed E-state index contributed by atoms with van der Waals surface area (Å²) in [4.78, 5) is 1.67. The Morgan fingerprint density at radius 1 is 0.958 bits per heavy atom. The predicted molar refractivity (Wildman–Crippen MR) is 72.6 cm³/mol. The molecule has 0 radical (unpaired) electrons. The smallest absolute Gasteiger partial charge is 0.269 e. The van der Waals surface area contributed by atoms with Crippen LogP contribution in [0.15, 0.2) is 17.0 Å². The van der Waals surface area contributed by atoms with Gasteiger partial charge in [-0.05, 0) is 18.6 Å². The van der Waals surface area contributed by atoms with Crippen LogP contribution in [0, 0.1) is 36.0 Å². The van der Waals surface area contributed by atoms with Crippen molar-refractivity contribution >= 4 is 15.8 Å². The molecule has 1 heterocycles. The van der Waals surface area contributed by atoms with Crippen molar-refractivity contribution in [3.63, 3.8) is 0 Å². The van der Waals surface area contributed by atoms with Crippen molar-refractivity contribution in [2.24, 2.45) is 0 Å². The average molecular weight is 368 g/mol. The van der Waals surface area contributed by atoms with Gasteiger partial charge < -0.3 is 4.74 Å². The molecule has 5 nitrogen and oxygen atoms in total. The van der Waals surface area contributed by atoms with Gasteiger partial charge in [0.15, 0.2) is 28.2 Å². The first kappa shape index (κ1) is 17.9. The van der Waals surface area contributed by atoms with Gasteiger partial charge in [0.25, 0.3) is 10.0 Å². The van der Waals surface area contributed by atoms with Crippen LogP contribution in [0.2, 0.25) is 0 Å². The molecule has 0 unspecified atom stereocenters. The van der Waals surface area contributed by atoms with Crippen molar-refractivity contribution in [2.45, 2.75) is 11.8 Å². The summed E-state index contributed by atoms with van der Waals surface area (Å²) in [7, 11) is -3.90. The fourth-order valence-corrected chi connectivity index (χ4v) is 2.93. The van der Waals surface area contributed by atoms with Crippen LogP contribution in [0.5, 0.6) is 5.88 Å². The standard InChI is InChI=1S/C13H9F5N2O3S/c1-5-3-6(19-7(4-5)23-2)20-24(21,22)13-11(17)9(15)8(14)10(16)12(13)18/h3-4H,1-2H3,(H,19,20). The largest absolute Gasteiger partial charge is 0.481 e. The number of ether oxygens (including phenoxy) is 1. The number of pyridine rings is 1. The molecule has 0 amide bonds. The maximum absolute atomic E-state index is 13.6. The number of halogens is 5. The number of aromatic nitrogens is 1. The van der Waals surface area contributed by atoms with Crippen molar-refractivity contribution in [2.75, 3.05) is 11.8 Å². The highest BCUT2D eigenvalue weighted by Crippen LogP contribution is 2.28. The summed E-state index contributed by atoms with van der Waals surface area (Å²) in [6.07, 6.45) is 0. The second-order valence-corrected chi connectivity index (χ2v) is 6.20. The second-order valence-electron chi connectivity index (χ2n) is 4.58. The van der Waals surface area contributed by atoms with Gasteiger partial charge in [0.2, 0.25) is 11.7 Å². The Labute approximate surface area is 133 Å². The summed E-state index contributed by atoms with van der Waals surface area (Å²) < 4.78 is 97.1. The zero-order chi connectivity index (χ0) is 18.2. The maximum atomic E-state index is 13.6. The fraction of sp³-hybridized carbons (Fsp3) is 0.154. The lowest BCUT2D eigenvalue weighted by atomic mass is 10.3. The van der Waals surface area contributed by atoms with E-state index < -0.39 is 49.8 Å². The SMILES string of the molecule is COc1cc(C)cc(NS(=O)(=O)c2c(F)c(F)c(F)c(F)c2F)n1. The van der Waals surface area contributed by atoms with Crippen molar-refractivity contribution in [1.82, 2.24) is 4.98 Å². The molecule has 24 heavy (non-hydrogen) atoms. The minimum atomic E-state index is -5.14. The van der Waals surface area contributed by atoms with E-state index in [0.717, 1.165) is 0 Å². The number of nitrogens with zero attached hydrogens (tertiary/aromatic N) is 1. The molecule has 1 aromatic heterocycles. The number of nitrogens with one attached hydrogen (secondary N) is 1. The third-order valence-corrected chi connectivity index (χ3v) is 4.21. The molecule has 0 saturated heterocycles. The first-order valence-electron chi connectivity index (χ1n) is 6.15. The third kappa shape index (κ3) is 3.11. The fourth-order valence-electron chi connectivity index (χ4n) is 1.80. The zero-order valence-electron chi connectivity index (χ0n) is 12.1. The number of hydrogen-bond acceptors (Lipinski definition) is 4. The zero-order valence-corrected chi connectivity index (χ0v) is 12.9. The number of anilines is 1. The quantitative estimate of drug-likeness (QED) is 0.512. The number of hydrogen-bond donors (Lipinski definition) is 1. The highest BCUT2D eigenvalue weighted by Gasteiger charge is 2.33. The molecule has 0 aliphatic carbocycles. The van der Waals surface area contributed by atoms with Gasteiger partial charge in [0.1, 0.15) is 5.82 Å². The summed E-state index contributed by atoms with van der Waals surface area (Å²) in [5, 5.41) is 0. The van der Waals surface area contributed by atoms with Gasteiger partial charge in [0.05, 0.1) is 7.11 Å². The van der Waals surface area contributed by atoms with Gasteiger partial charge in [-0.1, -0.05) is 0 Å². The van der Waals surface area contributed by atoms with E-state index in [2.05, 4.69) is 4.98 Å². The average Bonchev–Trinajstić information content (AvgIpc) is 2.49. The predicted octanol–water partition coefficient (Wildman–Crippen LogP) is 2.89. The minimum absolute atomic E-state index is 0.0230. The molecule has 11 heteroatoms. The van der Waals surface area contributed by atoms with E-state index in [1.165, 1.54) is 19.2 Å². The number of sulfonamides is 1. The Balaban J connectivity index is 2.59. The molecule has 2 rings (SSSR count). The molecule has 1 aromatic carbocycles. The third-order valence-electron chi connectivity index (χ3n) is 2.83. The van der Waals surface area contributed by atoms with Gasteiger partial charge in [-0.25, -0.2) is 30.4 Å². The lowest BCUT2D eigenvalue weighted by Crippen LogP contribution is -2.20. The molecule has 0 aliphatic rings. The van der Waals surface area contributed by atoms with Crippen molar-refractivity contribution < 1.29 is 35.1 Å². The number of aryl methyl sites for hydroxylation is 1. The molecular weight excluding hydrogens is 359 g/mol. The van der Waals surface area contributed by atoms with Gasteiger partial charge in [0, 0.05) is 6.07 Å². The van der Waals surface area contributed by atoms with Gasteiger partial charge in [-0.15, -0.1) is 0 Å². The Hall–Kier alpha value is -2.43. The number of benzene rings is 1. The van der Waals surface area contributed by atoms with Crippen LogP contribution in [0.1, 0.15) is 5.56 Å². The molecule has 0 spiro atoms. The van der Waals surface area contributed by atoms with Crippen molar-refractivity contribution in [3.8, 4) is 5.88 Å². The van der Waals surface area contributed by atoms with Crippen molar-refractivity contribution in [3.05, 3.63) is 46.8 Å². The van der Waals surface area contributed by atoms with E-state index in [9.17, 15) is 30.4 Å². The van der Waals surface area contributed by atoms with Crippen LogP contribution >= 0.6 is 0 Å². The topological polar surface area (TPSA) is 68.3 Å². The lowest BCUT2D eigenvalue weighted by Gasteiger charge is -2.12. The van der Waals surface area contributed by atoms with E-state index in [-0.39, 0.29) is 5.88 Å². The van der Waals surface area contributed by atoms with Crippen LogP contribution in [-0.4, -0.2) is 20.5 Å². The van der Waals surface area contributed by atoms with Gasteiger partial charge in [-0.2, -0.15) is 4.98 Å². The molecular formula is C13H9F5N2O3S. The van der Waals surface area contributed by atoms with Gasteiger partial charge >= 0.3 is 0 Å². The summed E-state index contributed by atoms with van der Waals surface area (Å²) in [6.45, 7) is 1.54. The maximum Gasteiger partial charge on any atom is 0.269 e. The molecule has 2 aromatic rings. The molecule has 0 saturated carbocycles. The Bertz CT molecular complexity index is 889. The second kappa shape index (κ2) is 6.23. The van der Waals surface area contributed by atoms with Gasteiger partial charge in [-0.3, -0.25) is 4.72 Å². The van der Waals surface area contributed by atoms with E-state index in [1.54, 1.807) is 11.6 Å². The summed E-state index contributed by atoms with van der Waals surface area (Å²) >= 11 is 0. The molecule has 0 aliphatic heterocycles. The summed E-state index contributed by atoms with van der Waals surface area (Å²) in [5.74, 6) is -12.6. The monoisotopic (exact) mass is 368 g/mol. The normalized spacial score (nSPS) is 11.5. The van der Waals surface area contributed by atoms with E-state index in [4.69, 9.17) is 4.74 Å². The molecule has 130 valence electrons. The summed E-state index contributed by atoms with van der Waals surface area (Å²) in [5.41, 5.74) is 0.469. The molecule has 0 bridgehead atoms. The van der Waals surface area contributed by atoms with E-state index in [1.807, 2.05) is 0 Å². The lowest BCUT2D eigenvalue weighted by molar-refractivity contribution is 0.358. The van der Waals surface area contributed by atoms with Crippen LogP contribution in [-0.2, 0) is 10.0 Å². The number of methoxy groups -OCH3 is 1. The highest BCUT2D eigenvalue weighted by molar-refractivity contribution is 7.92. The Kier molecular flexibility index (Phi) is 4.65. The van der Waals surface area contributed by atoms with Crippen LogP contribution in [0.25, 0.3) is 0 Å². The minimum Gasteiger partial charge on any atom is -0.481 e. The van der Waals surface area contributed by atoms with Crippen LogP contribution in [0.3, 0.4) is 0 Å². The van der Waals surface area contributed by atoms with E-state index >= 15 is 0 Å². The van der Waals surface area contributed by atoms with Crippen LogP contribution < -0.4 is 9.46 Å². The highest BCUT2D eigenvalue weighted by atomic mass is 32.2. The molecule has 0 atom stereocenters.